The van der Waals surface area contributed by atoms with Crippen molar-refractivity contribution in [2.75, 3.05) is 19.5 Å². The maximum absolute atomic E-state index is 14.7. The van der Waals surface area contributed by atoms with Gasteiger partial charge in [-0.15, -0.1) is 0 Å². The van der Waals surface area contributed by atoms with Crippen LogP contribution in [0, 0.1) is 11.6 Å². The molecular formula is C30H27ClF2N4O2S. The van der Waals surface area contributed by atoms with Crippen LogP contribution >= 0.6 is 23.4 Å². The fraction of sp³-hybridized carbons (Fsp3) is 0.200. The number of imidazole rings is 2. The van der Waals surface area contributed by atoms with Crippen LogP contribution < -0.4 is 9.47 Å². The molecule has 0 bridgehead atoms. The first-order chi connectivity index (χ1) is 19.3. The van der Waals surface area contributed by atoms with Crippen LogP contribution in [0.4, 0.5) is 8.78 Å². The van der Waals surface area contributed by atoms with Gasteiger partial charge in [0.05, 0.1) is 37.0 Å². The van der Waals surface area contributed by atoms with E-state index in [1.54, 1.807) is 54.7 Å². The molecule has 0 spiro atoms. The SMILES string of the molecule is COc1cc(C(C)(C)c2cnc(SCCOc3ccc(-n4ccnc4)cc3F)n2-c2ccc(F)cc2)ccc1Cl. The van der Waals surface area contributed by atoms with Crippen molar-refractivity contribution in [3.63, 3.8) is 0 Å². The zero-order chi connectivity index (χ0) is 28.3. The molecule has 0 amide bonds. The summed E-state index contributed by atoms with van der Waals surface area (Å²) in [6.45, 7) is 4.43. The fourth-order valence-corrected chi connectivity index (χ4v) is 5.38. The highest BCUT2D eigenvalue weighted by Gasteiger charge is 2.30. The van der Waals surface area contributed by atoms with Gasteiger partial charge in [-0.3, -0.25) is 4.57 Å². The highest BCUT2D eigenvalue weighted by Crippen LogP contribution is 2.38. The van der Waals surface area contributed by atoms with Gasteiger partial charge in [0.25, 0.3) is 0 Å². The molecule has 0 saturated heterocycles. The van der Waals surface area contributed by atoms with Gasteiger partial charge in [-0.25, -0.2) is 18.7 Å². The lowest BCUT2D eigenvalue weighted by Crippen LogP contribution is -2.23. The molecule has 40 heavy (non-hydrogen) atoms. The van der Waals surface area contributed by atoms with Gasteiger partial charge in [-0.2, -0.15) is 0 Å². The number of hydrogen-bond acceptors (Lipinski definition) is 5. The number of ether oxygens (including phenoxy) is 2. The lowest BCUT2D eigenvalue weighted by molar-refractivity contribution is 0.324. The molecule has 0 aliphatic heterocycles. The average Bonchev–Trinajstić information content (AvgIpc) is 3.63. The van der Waals surface area contributed by atoms with E-state index in [-0.39, 0.29) is 18.2 Å². The maximum atomic E-state index is 14.7. The van der Waals surface area contributed by atoms with Crippen LogP contribution in [0.25, 0.3) is 11.4 Å². The van der Waals surface area contributed by atoms with Crippen LogP contribution in [0.15, 0.2) is 90.7 Å². The maximum Gasteiger partial charge on any atom is 0.172 e. The van der Waals surface area contributed by atoms with Crippen molar-refractivity contribution in [1.82, 2.24) is 19.1 Å². The predicted octanol–water partition coefficient (Wildman–Crippen LogP) is 7.50. The molecule has 0 radical (unpaired) electrons. The van der Waals surface area contributed by atoms with E-state index in [2.05, 4.69) is 18.8 Å². The van der Waals surface area contributed by atoms with Crippen molar-refractivity contribution in [1.29, 1.82) is 0 Å². The molecule has 2 heterocycles. The van der Waals surface area contributed by atoms with Crippen molar-refractivity contribution in [2.24, 2.45) is 0 Å². The molecule has 6 nitrogen and oxygen atoms in total. The molecule has 0 atom stereocenters. The fourth-order valence-electron chi connectivity index (χ4n) is 4.38. The molecular weight excluding hydrogens is 554 g/mol. The van der Waals surface area contributed by atoms with Gasteiger partial charge in [-0.05, 0) is 54.1 Å². The molecule has 206 valence electrons. The zero-order valence-electron chi connectivity index (χ0n) is 22.1. The number of halogens is 3. The zero-order valence-corrected chi connectivity index (χ0v) is 23.7. The largest absolute Gasteiger partial charge is 0.495 e. The van der Waals surface area contributed by atoms with Gasteiger partial charge in [-0.1, -0.05) is 43.3 Å². The molecule has 0 saturated carbocycles. The summed E-state index contributed by atoms with van der Waals surface area (Å²) in [5.41, 5.74) is 2.80. The van der Waals surface area contributed by atoms with E-state index in [4.69, 9.17) is 26.1 Å². The molecule has 3 aromatic carbocycles. The van der Waals surface area contributed by atoms with E-state index in [1.807, 2.05) is 29.0 Å². The van der Waals surface area contributed by atoms with Gasteiger partial charge in [0.15, 0.2) is 16.7 Å². The van der Waals surface area contributed by atoms with E-state index < -0.39 is 11.2 Å². The van der Waals surface area contributed by atoms with Gasteiger partial charge in [0.1, 0.15) is 11.6 Å². The Balaban J connectivity index is 1.37. The summed E-state index contributed by atoms with van der Waals surface area (Å²) >= 11 is 7.74. The van der Waals surface area contributed by atoms with E-state index in [9.17, 15) is 8.78 Å². The lowest BCUT2D eigenvalue weighted by Gasteiger charge is -2.28. The van der Waals surface area contributed by atoms with E-state index in [0.717, 1.165) is 16.9 Å². The summed E-state index contributed by atoms with van der Waals surface area (Å²) in [6.07, 6.45) is 6.80. The topological polar surface area (TPSA) is 54.1 Å². The smallest absolute Gasteiger partial charge is 0.172 e. The quantitative estimate of drug-likeness (QED) is 0.126. The summed E-state index contributed by atoms with van der Waals surface area (Å²) in [6, 6.07) is 16.8. The summed E-state index contributed by atoms with van der Waals surface area (Å²) in [5.74, 6) is 0.486. The lowest BCUT2D eigenvalue weighted by atomic mass is 9.81. The standard InChI is InChI=1S/C30H27ClF2N4O2S/c1-30(2,20-4-10-24(31)27(16-20)38-3)28-18-35-29(37(28)22-7-5-21(32)6-8-22)40-15-14-39-26-11-9-23(17-25(26)33)36-13-12-34-19-36/h4-13,16-19H,14-15H2,1-3H3. The molecule has 5 rings (SSSR count). The van der Waals surface area contributed by atoms with Crippen LogP contribution in [0.5, 0.6) is 11.5 Å². The summed E-state index contributed by atoms with van der Waals surface area (Å²) < 4.78 is 43.3. The van der Waals surface area contributed by atoms with Crippen LogP contribution in [0.2, 0.25) is 5.02 Å². The van der Waals surface area contributed by atoms with Crippen molar-refractivity contribution in [3.05, 3.63) is 113 Å². The van der Waals surface area contributed by atoms with Gasteiger partial charge in [0.2, 0.25) is 0 Å². The van der Waals surface area contributed by atoms with Crippen LogP contribution in [-0.4, -0.2) is 38.6 Å². The second-order valence-corrected chi connectivity index (χ2v) is 11.0. The van der Waals surface area contributed by atoms with Crippen LogP contribution in [-0.2, 0) is 5.41 Å². The molecule has 2 aromatic heterocycles. The molecule has 5 aromatic rings. The number of benzene rings is 3. The molecule has 0 fully saturated rings. The first-order valence-corrected chi connectivity index (χ1v) is 13.9. The number of aromatic nitrogens is 4. The third-order valence-electron chi connectivity index (χ3n) is 6.62. The average molecular weight is 581 g/mol. The van der Waals surface area contributed by atoms with Crippen LogP contribution in [0.3, 0.4) is 0 Å². The van der Waals surface area contributed by atoms with Crippen LogP contribution in [0.1, 0.15) is 25.1 Å². The second kappa shape index (κ2) is 11.7. The van der Waals surface area contributed by atoms with Gasteiger partial charge in [0, 0.05) is 41.0 Å². The number of rotatable bonds is 10. The molecule has 0 unspecified atom stereocenters. The Bertz CT molecular complexity index is 1610. The summed E-state index contributed by atoms with van der Waals surface area (Å²) in [4.78, 5) is 8.69. The Kier molecular flexibility index (Phi) is 8.14. The summed E-state index contributed by atoms with van der Waals surface area (Å²) in [5, 5.41) is 1.23. The minimum atomic E-state index is -0.505. The highest BCUT2D eigenvalue weighted by atomic mass is 35.5. The second-order valence-electron chi connectivity index (χ2n) is 9.49. The summed E-state index contributed by atoms with van der Waals surface area (Å²) in [7, 11) is 1.58. The molecule has 0 aliphatic rings. The van der Waals surface area contributed by atoms with Crippen molar-refractivity contribution < 1.29 is 18.3 Å². The highest BCUT2D eigenvalue weighted by molar-refractivity contribution is 7.99. The Morgan fingerprint density at radius 1 is 0.975 bits per heavy atom. The van der Waals surface area contributed by atoms with E-state index in [1.165, 1.54) is 30.0 Å². The van der Waals surface area contributed by atoms with Gasteiger partial charge < -0.3 is 14.0 Å². The number of nitrogens with zero attached hydrogens (tertiary/aromatic N) is 4. The third-order valence-corrected chi connectivity index (χ3v) is 7.85. The van der Waals surface area contributed by atoms with Crippen molar-refractivity contribution >= 4 is 23.4 Å². The number of methoxy groups -OCH3 is 1. The van der Waals surface area contributed by atoms with E-state index in [0.29, 0.717) is 27.4 Å². The Labute approximate surface area is 240 Å². The Morgan fingerprint density at radius 3 is 2.45 bits per heavy atom. The van der Waals surface area contributed by atoms with Crippen molar-refractivity contribution in [3.8, 4) is 22.9 Å². The first kappa shape index (κ1) is 27.7. The molecule has 0 N–H and O–H groups in total. The predicted molar refractivity (Wildman–Crippen MR) is 153 cm³/mol. The third kappa shape index (κ3) is 5.71. The van der Waals surface area contributed by atoms with E-state index >= 15 is 0 Å². The minimum absolute atomic E-state index is 0.171. The molecule has 0 aliphatic carbocycles. The normalized spacial score (nSPS) is 11.6. The number of thioether (sulfide) groups is 1. The monoisotopic (exact) mass is 580 g/mol. The minimum Gasteiger partial charge on any atom is -0.495 e. The Morgan fingerprint density at radius 2 is 1.75 bits per heavy atom. The Hall–Kier alpha value is -3.82. The van der Waals surface area contributed by atoms with Crippen molar-refractivity contribution in [2.45, 2.75) is 24.4 Å². The van der Waals surface area contributed by atoms with Gasteiger partial charge >= 0.3 is 0 Å². The first-order valence-electron chi connectivity index (χ1n) is 12.5. The number of hydrogen-bond donors (Lipinski definition) is 0. The molecule has 10 heteroatoms.